The van der Waals surface area contributed by atoms with Crippen molar-refractivity contribution in [1.29, 1.82) is 0 Å². The van der Waals surface area contributed by atoms with Crippen LogP contribution in [0.5, 0.6) is 11.5 Å². The summed E-state index contributed by atoms with van der Waals surface area (Å²) in [5, 5.41) is 3.38. The van der Waals surface area contributed by atoms with Crippen LogP contribution in [0.3, 0.4) is 0 Å². The normalized spacial score (nSPS) is 17.4. The number of methoxy groups -OCH3 is 2. The van der Waals surface area contributed by atoms with E-state index in [9.17, 15) is 14.0 Å². The van der Waals surface area contributed by atoms with E-state index in [0.717, 1.165) is 0 Å². The molecule has 1 fully saturated rings. The summed E-state index contributed by atoms with van der Waals surface area (Å²) < 4.78 is 25.0. The molecule has 188 valence electrons. The number of likely N-dealkylation sites (tertiary alicyclic amines) is 1. The number of nitrogens with zero attached hydrogens (tertiary/aromatic N) is 1. The highest BCUT2D eigenvalue weighted by molar-refractivity contribution is 6.33. The fourth-order valence-corrected chi connectivity index (χ4v) is 4.77. The number of carbonyl (C=O) groups excluding carboxylic acids is 2. The van der Waals surface area contributed by atoms with Gasteiger partial charge in [0.15, 0.2) is 11.5 Å². The molecule has 2 amide bonds. The van der Waals surface area contributed by atoms with Crippen LogP contribution in [0, 0.1) is 5.82 Å². The molecule has 0 bridgehead atoms. The van der Waals surface area contributed by atoms with Crippen molar-refractivity contribution in [2.24, 2.45) is 0 Å². The van der Waals surface area contributed by atoms with Gasteiger partial charge in [0.25, 0.3) is 11.8 Å². The zero-order valence-corrected chi connectivity index (χ0v) is 21.3. The van der Waals surface area contributed by atoms with Gasteiger partial charge in [-0.2, -0.15) is 0 Å². The van der Waals surface area contributed by atoms with Crippen LogP contribution in [0.1, 0.15) is 38.6 Å². The third kappa shape index (κ3) is 5.42. The molecule has 1 saturated heterocycles. The Morgan fingerprint density at radius 3 is 2.42 bits per heavy atom. The second kappa shape index (κ2) is 11.2. The Bertz CT molecular complexity index is 1290. The Kier molecular flexibility index (Phi) is 8.01. The number of carbonyl (C=O) groups is 2. The van der Waals surface area contributed by atoms with Gasteiger partial charge in [0.2, 0.25) is 0 Å². The number of hydrogen-bond acceptors (Lipinski definition) is 4. The SMILES string of the molecule is COc1ccc(C(=O)N2CCC(NC(=O)c3ccccc3Cl)C(c3ccc(Cl)c(F)c3)C2)cc1OC. The quantitative estimate of drug-likeness (QED) is 0.451. The minimum atomic E-state index is -0.561. The highest BCUT2D eigenvalue weighted by atomic mass is 35.5. The molecule has 4 rings (SSSR count). The summed E-state index contributed by atoms with van der Waals surface area (Å²) in [4.78, 5) is 28.1. The predicted octanol–water partition coefficient (Wildman–Crippen LogP) is 5.58. The number of nitrogens with one attached hydrogen (secondary N) is 1. The maximum absolute atomic E-state index is 14.4. The van der Waals surface area contributed by atoms with Crippen LogP contribution in [-0.2, 0) is 0 Å². The highest BCUT2D eigenvalue weighted by Crippen LogP contribution is 2.33. The molecule has 36 heavy (non-hydrogen) atoms. The Morgan fingerprint density at radius 2 is 1.72 bits per heavy atom. The van der Waals surface area contributed by atoms with Crippen LogP contribution >= 0.6 is 23.2 Å². The summed E-state index contributed by atoms with van der Waals surface area (Å²) in [5.74, 6) is -0.503. The van der Waals surface area contributed by atoms with E-state index in [-0.39, 0.29) is 35.3 Å². The maximum Gasteiger partial charge on any atom is 0.254 e. The molecule has 3 aromatic rings. The van der Waals surface area contributed by atoms with E-state index in [1.165, 1.54) is 26.4 Å². The Balaban J connectivity index is 1.61. The van der Waals surface area contributed by atoms with Gasteiger partial charge in [-0.1, -0.05) is 41.4 Å². The van der Waals surface area contributed by atoms with Crippen LogP contribution < -0.4 is 14.8 Å². The van der Waals surface area contributed by atoms with E-state index in [0.29, 0.717) is 46.2 Å². The van der Waals surface area contributed by atoms with E-state index in [2.05, 4.69) is 5.32 Å². The average Bonchev–Trinajstić information content (AvgIpc) is 2.89. The molecule has 0 radical (unpaired) electrons. The number of ether oxygens (including phenoxy) is 2. The zero-order chi connectivity index (χ0) is 25.8. The minimum Gasteiger partial charge on any atom is -0.493 e. The maximum atomic E-state index is 14.4. The zero-order valence-electron chi connectivity index (χ0n) is 19.8. The third-order valence-corrected chi connectivity index (χ3v) is 6.97. The fraction of sp³-hybridized carbons (Fsp3) is 0.259. The average molecular weight is 531 g/mol. The van der Waals surface area contributed by atoms with E-state index >= 15 is 0 Å². The minimum absolute atomic E-state index is 0.00414. The van der Waals surface area contributed by atoms with Gasteiger partial charge in [-0.05, 0) is 54.4 Å². The van der Waals surface area contributed by atoms with Crippen LogP contribution in [0.2, 0.25) is 10.0 Å². The summed E-state index contributed by atoms with van der Waals surface area (Å²) in [7, 11) is 3.03. The molecule has 2 unspecified atom stereocenters. The summed E-state index contributed by atoms with van der Waals surface area (Å²) in [6.07, 6.45) is 0.462. The second-order valence-electron chi connectivity index (χ2n) is 8.45. The van der Waals surface area contributed by atoms with Gasteiger partial charge < -0.3 is 19.7 Å². The van der Waals surface area contributed by atoms with Gasteiger partial charge in [-0.25, -0.2) is 4.39 Å². The lowest BCUT2D eigenvalue weighted by atomic mass is 9.85. The van der Waals surface area contributed by atoms with Crippen molar-refractivity contribution in [2.75, 3.05) is 27.3 Å². The van der Waals surface area contributed by atoms with Crippen molar-refractivity contribution in [3.05, 3.63) is 93.2 Å². The van der Waals surface area contributed by atoms with Crippen molar-refractivity contribution in [3.8, 4) is 11.5 Å². The van der Waals surface area contributed by atoms with Gasteiger partial charge >= 0.3 is 0 Å². The van der Waals surface area contributed by atoms with Gasteiger partial charge in [0, 0.05) is 30.6 Å². The predicted molar refractivity (Wildman–Crippen MR) is 137 cm³/mol. The standard InChI is InChI=1S/C27H25Cl2FN2O4/c1-35-24-10-8-17(14-25(24)36-2)27(34)32-12-11-23(31-26(33)18-5-3-4-6-20(18)28)19(15-32)16-7-9-21(29)22(30)13-16/h3-10,13-14,19,23H,11-12,15H2,1-2H3,(H,31,33). The molecule has 1 heterocycles. The molecular formula is C27H25Cl2FN2O4. The van der Waals surface area contributed by atoms with Gasteiger partial charge in [-0.3, -0.25) is 9.59 Å². The second-order valence-corrected chi connectivity index (χ2v) is 9.26. The Labute approximate surface area is 218 Å². The first kappa shape index (κ1) is 25.8. The first-order valence-electron chi connectivity index (χ1n) is 11.3. The number of benzene rings is 3. The van der Waals surface area contributed by atoms with Crippen molar-refractivity contribution in [1.82, 2.24) is 10.2 Å². The lowest BCUT2D eigenvalue weighted by Gasteiger charge is -2.39. The molecule has 0 spiro atoms. The number of rotatable bonds is 6. The lowest BCUT2D eigenvalue weighted by molar-refractivity contribution is 0.0671. The summed E-state index contributed by atoms with van der Waals surface area (Å²) >= 11 is 12.1. The fourth-order valence-electron chi connectivity index (χ4n) is 4.43. The molecule has 3 aromatic carbocycles. The van der Waals surface area contributed by atoms with Crippen molar-refractivity contribution >= 4 is 35.0 Å². The van der Waals surface area contributed by atoms with Crippen LogP contribution in [0.4, 0.5) is 4.39 Å². The molecule has 1 aliphatic heterocycles. The van der Waals surface area contributed by atoms with Crippen LogP contribution in [-0.4, -0.2) is 50.1 Å². The van der Waals surface area contributed by atoms with Gasteiger partial charge in [0.05, 0.1) is 29.8 Å². The molecular weight excluding hydrogens is 506 g/mol. The van der Waals surface area contributed by atoms with Crippen molar-refractivity contribution < 1.29 is 23.5 Å². The molecule has 0 saturated carbocycles. The molecule has 0 aliphatic carbocycles. The Hall–Kier alpha value is -3.29. The summed E-state index contributed by atoms with van der Waals surface area (Å²) in [6, 6.07) is 15.9. The largest absolute Gasteiger partial charge is 0.493 e. The van der Waals surface area contributed by atoms with E-state index < -0.39 is 5.82 Å². The number of amides is 2. The molecule has 0 aromatic heterocycles. The molecule has 9 heteroatoms. The molecule has 1 aliphatic rings. The number of hydrogen-bond donors (Lipinski definition) is 1. The first-order valence-corrected chi connectivity index (χ1v) is 12.1. The lowest BCUT2D eigenvalue weighted by Crippen LogP contribution is -2.51. The van der Waals surface area contributed by atoms with Crippen molar-refractivity contribution in [3.63, 3.8) is 0 Å². The molecule has 6 nitrogen and oxygen atoms in total. The van der Waals surface area contributed by atoms with E-state index in [1.807, 2.05) is 0 Å². The smallest absolute Gasteiger partial charge is 0.254 e. The third-order valence-electron chi connectivity index (χ3n) is 6.34. The summed E-state index contributed by atoms with van der Waals surface area (Å²) in [5.41, 5.74) is 1.42. The van der Waals surface area contributed by atoms with E-state index in [4.69, 9.17) is 32.7 Å². The number of piperidine rings is 1. The van der Waals surface area contributed by atoms with Crippen LogP contribution in [0.15, 0.2) is 60.7 Å². The number of halogens is 3. The van der Waals surface area contributed by atoms with Crippen molar-refractivity contribution in [2.45, 2.75) is 18.4 Å². The van der Waals surface area contributed by atoms with Crippen LogP contribution in [0.25, 0.3) is 0 Å². The monoisotopic (exact) mass is 530 g/mol. The molecule has 1 N–H and O–H groups in total. The highest BCUT2D eigenvalue weighted by Gasteiger charge is 2.35. The topological polar surface area (TPSA) is 67.9 Å². The summed E-state index contributed by atoms with van der Waals surface area (Å²) in [6.45, 7) is 0.662. The Morgan fingerprint density at radius 1 is 0.972 bits per heavy atom. The van der Waals surface area contributed by atoms with E-state index in [1.54, 1.807) is 53.4 Å². The first-order chi connectivity index (χ1) is 17.3. The molecule has 2 atom stereocenters. The van der Waals surface area contributed by atoms with Gasteiger partial charge in [0.1, 0.15) is 5.82 Å². The van der Waals surface area contributed by atoms with Gasteiger partial charge in [-0.15, -0.1) is 0 Å².